The van der Waals surface area contributed by atoms with Crippen LogP contribution in [0.3, 0.4) is 0 Å². The molecule has 0 spiro atoms. The highest BCUT2D eigenvalue weighted by molar-refractivity contribution is 7.91. The summed E-state index contributed by atoms with van der Waals surface area (Å²) in [6.45, 7) is 0.849. The summed E-state index contributed by atoms with van der Waals surface area (Å²) in [4.78, 5) is 29.2. The number of carboxylic acid groups (broad SMARTS) is 2. The minimum atomic E-state index is -3.25. The van der Waals surface area contributed by atoms with Gasteiger partial charge in [0.1, 0.15) is 6.26 Å². The van der Waals surface area contributed by atoms with E-state index in [4.69, 9.17) is 14.6 Å². The van der Waals surface area contributed by atoms with Crippen LogP contribution < -0.4 is 0 Å². The van der Waals surface area contributed by atoms with Crippen molar-refractivity contribution in [2.75, 3.05) is 31.1 Å². The van der Waals surface area contributed by atoms with Gasteiger partial charge in [-0.2, -0.15) is 0 Å². The molecule has 0 unspecified atom stereocenters. The molecule has 2 fully saturated rings. The molecule has 0 aliphatic carbocycles. The summed E-state index contributed by atoms with van der Waals surface area (Å²) >= 11 is 0. The van der Waals surface area contributed by atoms with Gasteiger partial charge >= 0.3 is 11.9 Å². The van der Waals surface area contributed by atoms with Crippen molar-refractivity contribution in [3.63, 3.8) is 0 Å². The van der Waals surface area contributed by atoms with Crippen LogP contribution >= 0.6 is 0 Å². The van der Waals surface area contributed by atoms with Gasteiger partial charge in [-0.25, -0.2) is 18.2 Å². The Bertz CT molecular complexity index is 759. The van der Waals surface area contributed by atoms with Crippen molar-refractivity contribution in [1.82, 2.24) is 14.8 Å². The number of aliphatic carboxylic acids is 1. The van der Waals surface area contributed by atoms with Crippen molar-refractivity contribution in [2.24, 2.45) is 0 Å². The molecule has 11 heteroatoms. The molecule has 2 aliphatic heterocycles. The Hall–Kier alpha value is -1.98. The predicted octanol–water partition coefficient (Wildman–Crippen LogP) is -1.26. The van der Waals surface area contributed by atoms with Crippen LogP contribution in [-0.4, -0.2) is 88.6 Å². The predicted molar refractivity (Wildman–Crippen MR) is 79.3 cm³/mol. The maximum absolute atomic E-state index is 12.0. The average molecular weight is 359 g/mol. The molecule has 1 aromatic rings. The second-order valence-electron chi connectivity index (χ2n) is 5.98. The Balaban J connectivity index is 1.77. The first-order valence-corrected chi connectivity index (χ1v) is 9.15. The molecule has 2 N–H and O–H groups in total. The van der Waals surface area contributed by atoms with E-state index in [1.54, 1.807) is 4.90 Å². The molecular formula is C13H17N3O7S. The number of hydrogen-bond acceptors (Lipinski definition) is 8. The zero-order valence-corrected chi connectivity index (χ0v) is 13.5. The Morgan fingerprint density at radius 3 is 2.42 bits per heavy atom. The number of sulfone groups is 1. The highest BCUT2D eigenvalue weighted by atomic mass is 32.2. The fourth-order valence-corrected chi connectivity index (χ4v) is 5.36. The van der Waals surface area contributed by atoms with E-state index in [0.717, 1.165) is 6.26 Å². The van der Waals surface area contributed by atoms with Crippen LogP contribution in [0.25, 0.3) is 0 Å². The number of oxazole rings is 1. The average Bonchev–Trinajstić information content (AvgIpc) is 3.05. The van der Waals surface area contributed by atoms with E-state index < -0.39 is 27.8 Å². The van der Waals surface area contributed by atoms with Crippen molar-refractivity contribution < 1.29 is 32.6 Å². The van der Waals surface area contributed by atoms with Crippen LogP contribution in [0.4, 0.5) is 0 Å². The lowest BCUT2D eigenvalue weighted by Crippen LogP contribution is -2.59. The monoisotopic (exact) mass is 359 g/mol. The van der Waals surface area contributed by atoms with Gasteiger partial charge in [0.05, 0.1) is 24.6 Å². The summed E-state index contributed by atoms with van der Waals surface area (Å²) in [6.07, 6.45) is 1.04. The fraction of sp³-hybridized carbons (Fsp3) is 0.615. The summed E-state index contributed by atoms with van der Waals surface area (Å²) in [7, 11) is -3.25. The number of aromatic nitrogens is 1. The Labute approximate surface area is 137 Å². The Morgan fingerprint density at radius 1 is 1.21 bits per heavy atom. The van der Waals surface area contributed by atoms with Crippen LogP contribution in [0.5, 0.6) is 0 Å². The maximum Gasteiger partial charge on any atom is 0.357 e. The standard InChI is InChI=1S/C13H17N3O7S/c17-12(18)4-16-2-1-15(9-6-24(21,22)7-10(9)16)3-11-14-8(5-23-11)13(19)20/h5,9-10H,1-4,6-7H2,(H,17,18)(H,19,20)/t9-,10+/m1/s1. The lowest BCUT2D eigenvalue weighted by atomic mass is 10.0. The number of piperazine rings is 1. The van der Waals surface area contributed by atoms with E-state index in [1.807, 2.05) is 4.90 Å². The van der Waals surface area contributed by atoms with Crippen LogP contribution in [-0.2, 0) is 21.2 Å². The van der Waals surface area contributed by atoms with E-state index >= 15 is 0 Å². The molecule has 0 bridgehead atoms. The number of carbonyl (C=O) groups is 2. The third kappa shape index (κ3) is 3.42. The summed E-state index contributed by atoms with van der Waals surface area (Å²) < 4.78 is 29.1. The molecular weight excluding hydrogens is 342 g/mol. The second-order valence-corrected chi connectivity index (χ2v) is 8.13. The molecule has 10 nitrogen and oxygen atoms in total. The van der Waals surface area contributed by atoms with E-state index in [1.165, 1.54) is 0 Å². The topological polar surface area (TPSA) is 141 Å². The lowest BCUT2D eigenvalue weighted by Gasteiger charge is -2.42. The van der Waals surface area contributed by atoms with Crippen molar-refractivity contribution in [1.29, 1.82) is 0 Å². The highest BCUT2D eigenvalue weighted by Crippen LogP contribution is 2.28. The Kier molecular flexibility index (Phi) is 4.32. The molecule has 2 aliphatic rings. The molecule has 0 saturated carbocycles. The van der Waals surface area contributed by atoms with Crippen LogP contribution in [0.2, 0.25) is 0 Å². The normalized spacial score (nSPS) is 27.0. The van der Waals surface area contributed by atoms with Gasteiger partial charge in [-0.05, 0) is 0 Å². The quantitative estimate of drug-likeness (QED) is 0.654. The third-order valence-corrected chi connectivity index (χ3v) is 6.05. The molecule has 0 aromatic carbocycles. The van der Waals surface area contributed by atoms with Gasteiger partial charge < -0.3 is 14.6 Å². The molecule has 132 valence electrons. The molecule has 3 rings (SSSR count). The van der Waals surface area contributed by atoms with Crippen molar-refractivity contribution >= 4 is 21.8 Å². The van der Waals surface area contributed by atoms with Crippen molar-refractivity contribution in [2.45, 2.75) is 18.6 Å². The molecule has 3 heterocycles. The number of carboxylic acids is 2. The van der Waals surface area contributed by atoms with Gasteiger partial charge in [0, 0.05) is 25.2 Å². The van der Waals surface area contributed by atoms with Gasteiger partial charge in [-0.1, -0.05) is 0 Å². The first-order chi connectivity index (χ1) is 11.2. The van der Waals surface area contributed by atoms with Crippen molar-refractivity contribution in [3.05, 3.63) is 17.8 Å². The van der Waals surface area contributed by atoms with Gasteiger partial charge in [-0.3, -0.25) is 14.6 Å². The summed E-state index contributed by atoms with van der Waals surface area (Å²) in [5, 5.41) is 17.9. The summed E-state index contributed by atoms with van der Waals surface area (Å²) in [5.41, 5.74) is -0.204. The van der Waals surface area contributed by atoms with Crippen LogP contribution in [0, 0.1) is 0 Å². The van der Waals surface area contributed by atoms with Gasteiger partial charge in [0.25, 0.3) is 0 Å². The number of aromatic carboxylic acids is 1. The number of nitrogens with zero attached hydrogens (tertiary/aromatic N) is 3. The SMILES string of the molecule is O=C(O)CN1CCN(Cc2nc(C(=O)O)co2)[C@@H]2CS(=O)(=O)C[C@@H]21. The zero-order valence-electron chi connectivity index (χ0n) is 12.7. The lowest BCUT2D eigenvalue weighted by molar-refractivity contribution is -0.140. The van der Waals surface area contributed by atoms with Gasteiger partial charge in [0.15, 0.2) is 15.5 Å². The van der Waals surface area contributed by atoms with Gasteiger partial charge in [-0.15, -0.1) is 0 Å². The first-order valence-electron chi connectivity index (χ1n) is 7.33. The first kappa shape index (κ1) is 16.9. The van der Waals surface area contributed by atoms with E-state index in [2.05, 4.69) is 4.98 Å². The summed E-state index contributed by atoms with van der Waals surface area (Å²) in [5.74, 6) is -2.13. The number of hydrogen-bond donors (Lipinski definition) is 2. The summed E-state index contributed by atoms with van der Waals surface area (Å²) in [6, 6.07) is -0.753. The van der Waals surface area contributed by atoms with Crippen molar-refractivity contribution in [3.8, 4) is 0 Å². The largest absolute Gasteiger partial charge is 0.480 e. The highest BCUT2D eigenvalue weighted by Gasteiger charge is 2.47. The van der Waals surface area contributed by atoms with E-state index in [9.17, 15) is 18.0 Å². The minimum absolute atomic E-state index is 0.0553. The molecule has 24 heavy (non-hydrogen) atoms. The molecule has 0 radical (unpaired) electrons. The minimum Gasteiger partial charge on any atom is -0.480 e. The van der Waals surface area contributed by atoms with E-state index in [0.29, 0.717) is 13.1 Å². The second kappa shape index (κ2) is 6.15. The number of rotatable bonds is 5. The smallest absolute Gasteiger partial charge is 0.357 e. The third-order valence-electron chi connectivity index (χ3n) is 4.35. The molecule has 2 saturated heterocycles. The Morgan fingerprint density at radius 2 is 1.83 bits per heavy atom. The zero-order chi connectivity index (χ0) is 17.5. The van der Waals surface area contributed by atoms with Crippen LogP contribution in [0.15, 0.2) is 10.7 Å². The maximum atomic E-state index is 12.0. The fourth-order valence-electron chi connectivity index (χ4n) is 3.32. The molecule has 1 aromatic heterocycles. The van der Waals surface area contributed by atoms with Gasteiger partial charge in [0.2, 0.25) is 5.89 Å². The number of fused-ring (bicyclic) bond motifs is 1. The molecule has 2 atom stereocenters. The van der Waals surface area contributed by atoms with Crippen LogP contribution in [0.1, 0.15) is 16.4 Å². The van der Waals surface area contributed by atoms with E-state index in [-0.39, 0.29) is 42.2 Å². The molecule has 0 amide bonds.